The molecule has 0 saturated heterocycles. The highest BCUT2D eigenvalue weighted by Crippen LogP contribution is 2.25. The van der Waals surface area contributed by atoms with Crippen molar-refractivity contribution < 1.29 is 5.11 Å². The molecule has 0 heterocycles. The van der Waals surface area contributed by atoms with Crippen LogP contribution in [0.3, 0.4) is 0 Å². The quantitative estimate of drug-likeness (QED) is 0.477. The number of aliphatic hydroxyl groups excluding tert-OH is 1. The molecule has 0 unspecified atom stereocenters. The van der Waals surface area contributed by atoms with E-state index < -0.39 is 0 Å². The van der Waals surface area contributed by atoms with Gasteiger partial charge in [0.1, 0.15) is 0 Å². The molecule has 0 fully saturated rings. The average molecular weight is 247 g/mol. The monoisotopic (exact) mass is 246 g/mol. The van der Waals surface area contributed by atoms with E-state index in [0.717, 1.165) is 6.42 Å². The Morgan fingerprint density at radius 1 is 1.40 bits per heavy atom. The summed E-state index contributed by atoms with van der Waals surface area (Å²) in [6.07, 6.45) is 3.11. The van der Waals surface area contributed by atoms with Crippen LogP contribution in [-0.4, -0.2) is 17.9 Å². The topological polar surface area (TPSA) is 44.6 Å². The Kier molecular flexibility index (Phi) is 5.47. The molecule has 0 radical (unpaired) electrons. The molecule has 0 amide bonds. The Hall–Kier alpha value is -0.770. The van der Waals surface area contributed by atoms with Gasteiger partial charge in [0.15, 0.2) is 0 Å². The highest BCUT2D eigenvalue weighted by molar-refractivity contribution is 6.35. The summed E-state index contributed by atoms with van der Waals surface area (Å²) in [4.78, 5) is 0. The second-order valence-electron chi connectivity index (χ2n) is 2.91. The standard InChI is InChI=1S/C10H12Cl2N2O/c11-8-3-4-9(12)10(7-8)14-13-5-1-2-6-15/h3-5,7,14-15H,1-2,6H2/b13-5+. The van der Waals surface area contributed by atoms with Crippen molar-refractivity contribution in [2.24, 2.45) is 5.10 Å². The minimum absolute atomic E-state index is 0.171. The van der Waals surface area contributed by atoms with E-state index in [1.807, 2.05) is 0 Å². The van der Waals surface area contributed by atoms with E-state index in [1.165, 1.54) is 0 Å². The van der Waals surface area contributed by atoms with Gasteiger partial charge in [-0.2, -0.15) is 5.10 Å². The predicted molar refractivity (Wildman–Crippen MR) is 64.9 cm³/mol. The van der Waals surface area contributed by atoms with Crippen LogP contribution in [0.25, 0.3) is 0 Å². The van der Waals surface area contributed by atoms with E-state index in [-0.39, 0.29) is 6.61 Å². The summed E-state index contributed by atoms with van der Waals surface area (Å²) in [6, 6.07) is 5.12. The molecule has 15 heavy (non-hydrogen) atoms. The second-order valence-corrected chi connectivity index (χ2v) is 3.76. The van der Waals surface area contributed by atoms with Crippen molar-refractivity contribution in [1.82, 2.24) is 0 Å². The number of nitrogens with one attached hydrogen (secondary N) is 1. The second kappa shape index (κ2) is 6.67. The third-order valence-corrected chi connectivity index (χ3v) is 2.26. The molecule has 0 aromatic heterocycles. The lowest BCUT2D eigenvalue weighted by atomic mass is 10.3. The first-order chi connectivity index (χ1) is 7.24. The van der Waals surface area contributed by atoms with Crippen molar-refractivity contribution in [2.75, 3.05) is 12.0 Å². The molecule has 5 heteroatoms. The SMILES string of the molecule is OCCC/C=N/Nc1cc(Cl)ccc1Cl. The van der Waals surface area contributed by atoms with Crippen molar-refractivity contribution in [3.05, 3.63) is 28.2 Å². The van der Waals surface area contributed by atoms with Gasteiger partial charge in [-0.15, -0.1) is 0 Å². The molecule has 2 N–H and O–H groups in total. The number of nitrogens with zero attached hydrogens (tertiary/aromatic N) is 1. The third-order valence-electron chi connectivity index (χ3n) is 1.70. The number of halogens is 2. The largest absolute Gasteiger partial charge is 0.396 e. The van der Waals surface area contributed by atoms with Crippen molar-refractivity contribution >= 4 is 35.1 Å². The molecule has 0 saturated carbocycles. The maximum atomic E-state index is 8.54. The first kappa shape index (κ1) is 12.3. The Labute approximate surface area is 98.7 Å². The molecule has 1 aromatic rings. The highest BCUT2D eigenvalue weighted by atomic mass is 35.5. The third kappa shape index (κ3) is 4.51. The van der Waals surface area contributed by atoms with E-state index in [9.17, 15) is 0 Å². The maximum Gasteiger partial charge on any atom is 0.0762 e. The zero-order valence-corrected chi connectivity index (χ0v) is 9.59. The molecule has 0 bridgehead atoms. The van der Waals surface area contributed by atoms with Gasteiger partial charge in [0.25, 0.3) is 0 Å². The van der Waals surface area contributed by atoms with Gasteiger partial charge >= 0.3 is 0 Å². The number of rotatable bonds is 5. The molecule has 82 valence electrons. The molecule has 1 aromatic carbocycles. The average Bonchev–Trinajstić information content (AvgIpc) is 2.23. The van der Waals surface area contributed by atoms with Crippen LogP contribution < -0.4 is 5.43 Å². The molecule has 3 nitrogen and oxygen atoms in total. The molecule has 0 atom stereocenters. The Morgan fingerprint density at radius 3 is 2.93 bits per heavy atom. The van der Waals surface area contributed by atoms with Crippen LogP contribution in [0.1, 0.15) is 12.8 Å². The maximum absolute atomic E-state index is 8.54. The number of hydrazone groups is 1. The van der Waals surface area contributed by atoms with E-state index in [2.05, 4.69) is 10.5 Å². The number of benzene rings is 1. The highest BCUT2D eigenvalue weighted by Gasteiger charge is 1.98. The van der Waals surface area contributed by atoms with Crippen LogP contribution in [0.5, 0.6) is 0 Å². The summed E-state index contributed by atoms with van der Waals surface area (Å²) in [5.41, 5.74) is 3.45. The predicted octanol–water partition coefficient (Wildman–Crippen LogP) is 3.16. The molecule has 1 rings (SSSR count). The van der Waals surface area contributed by atoms with Gasteiger partial charge in [0.05, 0.1) is 10.7 Å². The van der Waals surface area contributed by atoms with Crippen LogP contribution in [0.4, 0.5) is 5.69 Å². The molecule has 0 spiro atoms. The van der Waals surface area contributed by atoms with E-state index >= 15 is 0 Å². The smallest absolute Gasteiger partial charge is 0.0762 e. The lowest BCUT2D eigenvalue weighted by Crippen LogP contribution is -1.91. The molecule has 0 aliphatic rings. The zero-order valence-electron chi connectivity index (χ0n) is 8.08. The van der Waals surface area contributed by atoms with Crippen LogP contribution in [0.2, 0.25) is 10.0 Å². The van der Waals surface area contributed by atoms with Gasteiger partial charge in [-0.25, -0.2) is 0 Å². The summed E-state index contributed by atoms with van der Waals surface area (Å²) in [6.45, 7) is 0.171. The number of anilines is 1. The van der Waals surface area contributed by atoms with Crippen LogP contribution >= 0.6 is 23.2 Å². The fourth-order valence-electron chi connectivity index (χ4n) is 0.945. The van der Waals surface area contributed by atoms with Gasteiger partial charge < -0.3 is 5.11 Å². The summed E-state index contributed by atoms with van der Waals surface area (Å²) >= 11 is 11.7. The lowest BCUT2D eigenvalue weighted by molar-refractivity contribution is 0.291. The fourth-order valence-corrected chi connectivity index (χ4v) is 1.28. The Bertz CT molecular complexity index is 342. The van der Waals surface area contributed by atoms with Crippen molar-refractivity contribution in [3.63, 3.8) is 0 Å². The molecule has 0 aliphatic carbocycles. The summed E-state index contributed by atoms with van der Waals surface area (Å²) in [7, 11) is 0. The van der Waals surface area contributed by atoms with E-state index in [4.69, 9.17) is 28.3 Å². The minimum Gasteiger partial charge on any atom is -0.396 e. The van der Waals surface area contributed by atoms with Gasteiger partial charge in [-0.1, -0.05) is 23.2 Å². The molecule has 0 aliphatic heterocycles. The Balaban J connectivity index is 2.49. The number of aliphatic hydroxyl groups is 1. The fraction of sp³-hybridized carbons (Fsp3) is 0.300. The Morgan fingerprint density at radius 2 is 2.20 bits per heavy atom. The normalized spacial score (nSPS) is 10.9. The number of hydrogen-bond acceptors (Lipinski definition) is 3. The minimum atomic E-state index is 0.171. The zero-order chi connectivity index (χ0) is 11.1. The van der Waals surface area contributed by atoms with Crippen LogP contribution in [0.15, 0.2) is 23.3 Å². The van der Waals surface area contributed by atoms with Crippen LogP contribution in [-0.2, 0) is 0 Å². The summed E-state index contributed by atoms with van der Waals surface area (Å²) in [5.74, 6) is 0. The lowest BCUT2D eigenvalue weighted by Gasteiger charge is -2.02. The van der Waals surface area contributed by atoms with Gasteiger partial charge in [-0.05, 0) is 31.0 Å². The van der Waals surface area contributed by atoms with Crippen molar-refractivity contribution in [1.29, 1.82) is 0 Å². The molecular weight excluding hydrogens is 235 g/mol. The van der Waals surface area contributed by atoms with E-state index in [0.29, 0.717) is 22.2 Å². The van der Waals surface area contributed by atoms with Gasteiger partial charge in [-0.3, -0.25) is 5.43 Å². The van der Waals surface area contributed by atoms with Crippen molar-refractivity contribution in [3.8, 4) is 0 Å². The van der Waals surface area contributed by atoms with Gasteiger partial charge in [0.2, 0.25) is 0 Å². The summed E-state index contributed by atoms with van der Waals surface area (Å²) < 4.78 is 0. The number of unbranched alkanes of at least 4 members (excludes halogenated alkanes) is 1. The van der Waals surface area contributed by atoms with E-state index in [1.54, 1.807) is 24.4 Å². The van der Waals surface area contributed by atoms with Crippen molar-refractivity contribution in [2.45, 2.75) is 12.8 Å². The first-order valence-electron chi connectivity index (χ1n) is 4.57. The molecular formula is C10H12Cl2N2O. The number of hydrogen-bond donors (Lipinski definition) is 2. The summed E-state index contributed by atoms with van der Waals surface area (Å²) in [5, 5.41) is 13.7. The first-order valence-corrected chi connectivity index (χ1v) is 5.33. The van der Waals surface area contributed by atoms with Gasteiger partial charge in [0, 0.05) is 17.8 Å². The van der Waals surface area contributed by atoms with Crippen LogP contribution in [0, 0.1) is 0 Å².